The Morgan fingerprint density at radius 2 is 2.00 bits per heavy atom. The summed E-state index contributed by atoms with van der Waals surface area (Å²) in [5.74, 6) is -0.819. The second kappa shape index (κ2) is 10.5. The molecule has 1 unspecified atom stereocenters. The second-order valence-corrected chi connectivity index (χ2v) is 4.17. The number of carboxylic acids is 1. The maximum atomic E-state index is 10.9. The Hall–Kier alpha value is -0.650. The Bertz CT molecular complexity index is 197. The molecule has 0 saturated carbocycles. The number of ether oxygens (including phenoxy) is 2. The molecule has 5 heteroatoms. The average Bonchev–Trinajstić information content (AvgIpc) is 2.26. The maximum absolute atomic E-state index is 10.9. The van der Waals surface area contributed by atoms with Crippen LogP contribution in [0, 0.1) is 0 Å². The van der Waals surface area contributed by atoms with Gasteiger partial charge in [-0.25, -0.2) is 0 Å². The fourth-order valence-corrected chi connectivity index (χ4v) is 1.28. The van der Waals surface area contributed by atoms with Crippen molar-refractivity contribution in [3.8, 4) is 0 Å². The van der Waals surface area contributed by atoms with Gasteiger partial charge in [0.2, 0.25) is 0 Å². The zero-order valence-electron chi connectivity index (χ0n) is 11.1. The van der Waals surface area contributed by atoms with Crippen LogP contribution in [-0.4, -0.2) is 49.6 Å². The standard InChI is InChI=1S/C12H25NO4/c1-4-6-13-11(12(14)15)5-7-16-8-9-17-10(2)3/h10-11,13H,4-9H2,1-3H3,(H,14,15). The van der Waals surface area contributed by atoms with Crippen LogP contribution >= 0.6 is 0 Å². The molecule has 1 atom stereocenters. The average molecular weight is 247 g/mol. The topological polar surface area (TPSA) is 67.8 Å². The molecule has 0 radical (unpaired) electrons. The minimum absolute atomic E-state index is 0.205. The maximum Gasteiger partial charge on any atom is 0.320 e. The first-order chi connectivity index (χ1) is 8.07. The smallest absolute Gasteiger partial charge is 0.320 e. The molecular formula is C12H25NO4. The van der Waals surface area contributed by atoms with Crippen LogP contribution in [0.25, 0.3) is 0 Å². The number of hydrogen-bond acceptors (Lipinski definition) is 4. The Labute approximate surface area is 103 Å². The molecule has 2 N–H and O–H groups in total. The van der Waals surface area contributed by atoms with Gasteiger partial charge in [0.05, 0.1) is 19.3 Å². The molecular weight excluding hydrogens is 222 g/mol. The molecule has 0 aromatic heterocycles. The molecule has 102 valence electrons. The van der Waals surface area contributed by atoms with Gasteiger partial charge in [0, 0.05) is 6.61 Å². The van der Waals surface area contributed by atoms with E-state index in [1.165, 1.54) is 0 Å². The number of nitrogens with one attached hydrogen (secondary N) is 1. The van der Waals surface area contributed by atoms with Crippen LogP contribution in [0.15, 0.2) is 0 Å². The van der Waals surface area contributed by atoms with Crippen LogP contribution in [0.1, 0.15) is 33.6 Å². The molecule has 0 amide bonds. The van der Waals surface area contributed by atoms with E-state index >= 15 is 0 Å². The Morgan fingerprint density at radius 3 is 2.53 bits per heavy atom. The lowest BCUT2D eigenvalue weighted by Crippen LogP contribution is -2.38. The highest BCUT2D eigenvalue weighted by Crippen LogP contribution is 1.95. The van der Waals surface area contributed by atoms with Gasteiger partial charge in [0.1, 0.15) is 6.04 Å². The highest BCUT2D eigenvalue weighted by atomic mass is 16.5. The summed E-state index contributed by atoms with van der Waals surface area (Å²) in [5.41, 5.74) is 0. The van der Waals surface area contributed by atoms with Gasteiger partial charge in [-0.05, 0) is 33.2 Å². The van der Waals surface area contributed by atoms with Crippen molar-refractivity contribution in [3.05, 3.63) is 0 Å². The van der Waals surface area contributed by atoms with Crippen molar-refractivity contribution in [1.29, 1.82) is 0 Å². The quantitative estimate of drug-likeness (QED) is 0.538. The van der Waals surface area contributed by atoms with E-state index in [2.05, 4.69) is 5.32 Å². The molecule has 0 aliphatic carbocycles. The van der Waals surface area contributed by atoms with Crippen LogP contribution in [0.4, 0.5) is 0 Å². The van der Waals surface area contributed by atoms with Crippen molar-refractivity contribution in [3.63, 3.8) is 0 Å². The Morgan fingerprint density at radius 1 is 1.29 bits per heavy atom. The fourth-order valence-electron chi connectivity index (χ4n) is 1.28. The summed E-state index contributed by atoms with van der Waals surface area (Å²) >= 11 is 0. The van der Waals surface area contributed by atoms with Crippen molar-refractivity contribution in [1.82, 2.24) is 5.32 Å². The van der Waals surface area contributed by atoms with Gasteiger partial charge in [-0.1, -0.05) is 6.92 Å². The summed E-state index contributed by atoms with van der Waals surface area (Å²) in [7, 11) is 0. The monoisotopic (exact) mass is 247 g/mol. The third-order valence-corrected chi connectivity index (χ3v) is 2.17. The van der Waals surface area contributed by atoms with E-state index in [1.807, 2.05) is 20.8 Å². The first-order valence-corrected chi connectivity index (χ1v) is 6.23. The predicted octanol–water partition coefficient (Wildman–Crippen LogP) is 1.27. The van der Waals surface area contributed by atoms with E-state index in [1.54, 1.807) is 0 Å². The lowest BCUT2D eigenvalue weighted by molar-refractivity contribution is -0.140. The summed E-state index contributed by atoms with van der Waals surface area (Å²) in [4.78, 5) is 10.9. The number of rotatable bonds is 11. The van der Waals surface area contributed by atoms with E-state index < -0.39 is 12.0 Å². The van der Waals surface area contributed by atoms with Crippen molar-refractivity contribution in [2.45, 2.75) is 45.8 Å². The third kappa shape index (κ3) is 10.2. The number of carbonyl (C=O) groups is 1. The zero-order chi connectivity index (χ0) is 13.1. The second-order valence-electron chi connectivity index (χ2n) is 4.17. The molecule has 0 rings (SSSR count). The summed E-state index contributed by atoms with van der Waals surface area (Å²) < 4.78 is 10.6. The minimum atomic E-state index is -0.819. The van der Waals surface area contributed by atoms with Crippen molar-refractivity contribution >= 4 is 5.97 Å². The van der Waals surface area contributed by atoms with Gasteiger partial charge >= 0.3 is 5.97 Å². The van der Waals surface area contributed by atoms with Crippen molar-refractivity contribution in [2.75, 3.05) is 26.4 Å². The van der Waals surface area contributed by atoms with Crippen LogP contribution in [0.3, 0.4) is 0 Å². The van der Waals surface area contributed by atoms with Gasteiger partial charge in [0.25, 0.3) is 0 Å². The van der Waals surface area contributed by atoms with Crippen LogP contribution in [0.5, 0.6) is 0 Å². The normalized spacial score (nSPS) is 12.9. The number of carboxylic acid groups (broad SMARTS) is 1. The predicted molar refractivity (Wildman–Crippen MR) is 66.2 cm³/mol. The molecule has 5 nitrogen and oxygen atoms in total. The summed E-state index contributed by atoms with van der Waals surface area (Å²) in [6, 6.07) is -0.513. The molecule has 0 aromatic carbocycles. The fraction of sp³-hybridized carbons (Fsp3) is 0.917. The molecule has 0 heterocycles. The van der Waals surface area contributed by atoms with Crippen LogP contribution in [-0.2, 0) is 14.3 Å². The lowest BCUT2D eigenvalue weighted by atomic mass is 10.2. The molecule has 0 aromatic rings. The molecule has 17 heavy (non-hydrogen) atoms. The number of hydrogen-bond donors (Lipinski definition) is 2. The first kappa shape index (κ1) is 16.4. The SMILES string of the molecule is CCCNC(CCOCCOC(C)C)C(=O)O. The van der Waals surface area contributed by atoms with Crippen molar-refractivity contribution in [2.24, 2.45) is 0 Å². The molecule has 0 saturated heterocycles. The largest absolute Gasteiger partial charge is 0.480 e. The summed E-state index contributed by atoms with van der Waals surface area (Å²) in [6.45, 7) is 8.16. The molecule has 0 fully saturated rings. The van der Waals surface area contributed by atoms with Gasteiger partial charge in [0.15, 0.2) is 0 Å². The van der Waals surface area contributed by atoms with Gasteiger partial charge in [-0.3, -0.25) is 4.79 Å². The molecule has 0 aliphatic rings. The molecule has 0 aliphatic heterocycles. The summed E-state index contributed by atoms with van der Waals surface area (Å²) in [5, 5.41) is 11.9. The van der Waals surface area contributed by atoms with Gasteiger partial charge < -0.3 is 19.9 Å². The Kier molecular flexibility index (Phi) is 10.1. The van der Waals surface area contributed by atoms with E-state index in [0.717, 1.165) is 6.42 Å². The first-order valence-electron chi connectivity index (χ1n) is 6.23. The highest BCUT2D eigenvalue weighted by Gasteiger charge is 2.15. The van der Waals surface area contributed by atoms with Gasteiger partial charge in [-0.15, -0.1) is 0 Å². The number of aliphatic carboxylic acids is 1. The Balaban J connectivity index is 3.51. The van der Waals surface area contributed by atoms with Crippen molar-refractivity contribution < 1.29 is 19.4 Å². The summed E-state index contributed by atoms with van der Waals surface area (Å²) in [6.07, 6.45) is 1.61. The van der Waals surface area contributed by atoms with Crippen LogP contribution in [0.2, 0.25) is 0 Å². The molecule has 0 bridgehead atoms. The zero-order valence-corrected chi connectivity index (χ0v) is 11.1. The van der Waals surface area contributed by atoms with E-state index in [-0.39, 0.29) is 6.10 Å². The minimum Gasteiger partial charge on any atom is -0.480 e. The van der Waals surface area contributed by atoms with E-state index in [4.69, 9.17) is 14.6 Å². The highest BCUT2D eigenvalue weighted by molar-refractivity contribution is 5.73. The van der Waals surface area contributed by atoms with Crippen LogP contribution < -0.4 is 5.32 Å². The van der Waals surface area contributed by atoms with E-state index in [9.17, 15) is 4.79 Å². The third-order valence-electron chi connectivity index (χ3n) is 2.17. The van der Waals surface area contributed by atoms with E-state index in [0.29, 0.717) is 32.8 Å². The molecule has 0 spiro atoms. The van der Waals surface area contributed by atoms with Gasteiger partial charge in [-0.2, -0.15) is 0 Å². The lowest BCUT2D eigenvalue weighted by Gasteiger charge is -2.14.